The van der Waals surface area contributed by atoms with Crippen molar-refractivity contribution in [2.75, 3.05) is 39.5 Å². The second kappa shape index (κ2) is 6.95. The molecule has 0 aliphatic carbocycles. The lowest BCUT2D eigenvalue weighted by molar-refractivity contribution is -0.149. The normalized spacial score (nSPS) is 25.0. The highest BCUT2D eigenvalue weighted by atomic mass is 32.2. The van der Waals surface area contributed by atoms with E-state index in [1.807, 2.05) is 0 Å². The highest BCUT2D eigenvalue weighted by molar-refractivity contribution is 7.88. The summed E-state index contributed by atoms with van der Waals surface area (Å²) in [4.78, 5) is 25.8. The molecule has 1 atom stereocenters. The van der Waals surface area contributed by atoms with Gasteiger partial charge in [0.15, 0.2) is 0 Å². The molecule has 8 heteroatoms. The molecule has 0 aromatic heterocycles. The molecular formula is C14H24N2O5S. The van der Waals surface area contributed by atoms with Gasteiger partial charge in [-0.05, 0) is 25.7 Å². The zero-order chi connectivity index (χ0) is 16.3. The van der Waals surface area contributed by atoms with E-state index in [4.69, 9.17) is 4.74 Å². The van der Waals surface area contributed by atoms with Gasteiger partial charge in [-0.25, -0.2) is 12.7 Å². The Balaban J connectivity index is 1.91. The molecule has 2 saturated heterocycles. The lowest BCUT2D eigenvalue weighted by Gasteiger charge is -2.36. The SMILES string of the molecule is COC(=O)C1CCN(C(=O)C2CCCN(S(C)(=O)=O)C2)CC1. The number of hydrogen-bond donors (Lipinski definition) is 0. The number of rotatable bonds is 3. The monoisotopic (exact) mass is 332 g/mol. The van der Waals surface area contributed by atoms with Crippen molar-refractivity contribution in [2.45, 2.75) is 25.7 Å². The van der Waals surface area contributed by atoms with Crippen molar-refractivity contribution in [1.82, 2.24) is 9.21 Å². The third kappa shape index (κ3) is 3.98. The van der Waals surface area contributed by atoms with E-state index in [9.17, 15) is 18.0 Å². The Morgan fingerprint density at radius 2 is 1.68 bits per heavy atom. The van der Waals surface area contributed by atoms with Crippen LogP contribution in [0, 0.1) is 11.8 Å². The number of carbonyl (C=O) groups excluding carboxylic acids is 2. The number of hydrogen-bond acceptors (Lipinski definition) is 5. The maximum absolute atomic E-state index is 12.6. The third-order valence-corrected chi connectivity index (χ3v) is 5.81. The van der Waals surface area contributed by atoms with Gasteiger partial charge < -0.3 is 9.64 Å². The molecule has 0 aromatic rings. The van der Waals surface area contributed by atoms with Gasteiger partial charge in [0.25, 0.3) is 0 Å². The number of methoxy groups -OCH3 is 1. The van der Waals surface area contributed by atoms with E-state index < -0.39 is 10.0 Å². The molecule has 0 aromatic carbocycles. The minimum atomic E-state index is -3.25. The van der Waals surface area contributed by atoms with Crippen LogP contribution in [0.25, 0.3) is 0 Å². The van der Waals surface area contributed by atoms with Gasteiger partial charge in [0, 0.05) is 26.2 Å². The molecule has 0 spiro atoms. The van der Waals surface area contributed by atoms with Gasteiger partial charge in [0.05, 0.1) is 25.2 Å². The van der Waals surface area contributed by atoms with Crippen LogP contribution in [0.1, 0.15) is 25.7 Å². The first kappa shape index (κ1) is 17.2. The fourth-order valence-corrected chi connectivity index (χ4v) is 4.12. The predicted octanol–water partition coefficient (Wildman–Crippen LogP) is 0.0696. The quantitative estimate of drug-likeness (QED) is 0.683. The van der Waals surface area contributed by atoms with Crippen LogP contribution in [0.2, 0.25) is 0 Å². The van der Waals surface area contributed by atoms with Crippen molar-refractivity contribution in [2.24, 2.45) is 11.8 Å². The summed E-state index contributed by atoms with van der Waals surface area (Å²) in [5, 5.41) is 0. The lowest BCUT2D eigenvalue weighted by Crippen LogP contribution is -2.48. The van der Waals surface area contributed by atoms with Crippen LogP contribution in [0.4, 0.5) is 0 Å². The maximum atomic E-state index is 12.6. The van der Waals surface area contributed by atoms with Crippen LogP contribution in [-0.4, -0.2) is 69.0 Å². The summed E-state index contributed by atoms with van der Waals surface area (Å²) in [6, 6.07) is 0. The largest absolute Gasteiger partial charge is 0.469 e. The minimum absolute atomic E-state index is 0.0108. The van der Waals surface area contributed by atoms with Gasteiger partial charge in [-0.15, -0.1) is 0 Å². The second-order valence-corrected chi connectivity index (χ2v) is 8.07. The Labute approximate surface area is 131 Å². The van der Waals surface area contributed by atoms with Crippen LogP contribution >= 0.6 is 0 Å². The molecule has 0 bridgehead atoms. The predicted molar refractivity (Wildman–Crippen MR) is 80.5 cm³/mol. The number of sulfonamides is 1. The Hall–Kier alpha value is -1.15. The maximum Gasteiger partial charge on any atom is 0.308 e. The number of piperidine rings is 2. The Kier molecular flexibility index (Phi) is 5.44. The highest BCUT2D eigenvalue weighted by Crippen LogP contribution is 2.24. The number of esters is 1. The summed E-state index contributed by atoms with van der Waals surface area (Å²) in [7, 11) is -1.87. The van der Waals surface area contributed by atoms with E-state index in [1.54, 1.807) is 4.90 Å². The van der Waals surface area contributed by atoms with Crippen molar-refractivity contribution in [3.8, 4) is 0 Å². The van der Waals surface area contributed by atoms with Crippen LogP contribution in [0.3, 0.4) is 0 Å². The van der Waals surface area contributed by atoms with Gasteiger partial charge in [-0.2, -0.15) is 0 Å². The van der Waals surface area contributed by atoms with E-state index in [-0.39, 0.29) is 30.3 Å². The third-order valence-electron chi connectivity index (χ3n) is 4.54. The lowest BCUT2D eigenvalue weighted by atomic mass is 9.93. The summed E-state index contributed by atoms with van der Waals surface area (Å²) < 4.78 is 29.4. The first-order valence-corrected chi connectivity index (χ1v) is 9.49. The van der Waals surface area contributed by atoms with Crippen LogP contribution < -0.4 is 0 Å². The van der Waals surface area contributed by atoms with Crippen LogP contribution in [0.5, 0.6) is 0 Å². The van der Waals surface area contributed by atoms with E-state index in [2.05, 4.69) is 0 Å². The van der Waals surface area contributed by atoms with Gasteiger partial charge in [-0.3, -0.25) is 9.59 Å². The molecule has 2 aliphatic heterocycles. The summed E-state index contributed by atoms with van der Waals surface area (Å²) in [5.74, 6) is -0.601. The topological polar surface area (TPSA) is 84.0 Å². The van der Waals surface area contributed by atoms with Crippen molar-refractivity contribution in [3.05, 3.63) is 0 Å². The number of nitrogens with zero attached hydrogens (tertiary/aromatic N) is 2. The number of carbonyl (C=O) groups is 2. The molecule has 126 valence electrons. The van der Waals surface area contributed by atoms with Gasteiger partial charge in [0.1, 0.15) is 0 Å². The van der Waals surface area contributed by atoms with Crippen LogP contribution in [-0.2, 0) is 24.3 Å². The molecule has 0 saturated carbocycles. The van der Waals surface area contributed by atoms with Gasteiger partial charge in [-0.1, -0.05) is 0 Å². The highest BCUT2D eigenvalue weighted by Gasteiger charge is 2.35. The molecule has 7 nitrogen and oxygen atoms in total. The fraction of sp³-hybridized carbons (Fsp3) is 0.857. The fourth-order valence-electron chi connectivity index (χ4n) is 3.21. The molecule has 2 aliphatic rings. The zero-order valence-corrected chi connectivity index (χ0v) is 14.0. The van der Waals surface area contributed by atoms with Crippen molar-refractivity contribution >= 4 is 21.9 Å². The molecule has 2 rings (SSSR count). The van der Waals surface area contributed by atoms with E-state index in [0.717, 1.165) is 6.42 Å². The summed E-state index contributed by atoms with van der Waals surface area (Å²) in [5.41, 5.74) is 0. The van der Waals surface area contributed by atoms with Crippen molar-refractivity contribution in [3.63, 3.8) is 0 Å². The molecule has 2 heterocycles. The van der Waals surface area contributed by atoms with Gasteiger partial charge >= 0.3 is 5.97 Å². The van der Waals surface area contributed by atoms with Crippen molar-refractivity contribution in [1.29, 1.82) is 0 Å². The summed E-state index contributed by atoms with van der Waals surface area (Å²) >= 11 is 0. The number of amides is 1. The Morgan fingerprint density at radius 3 is 2.23 bits per heavy atom. The average molecular weight is 332 g/mol. The van der Waals surface area contributed by atoms with Crippen molar-refractivity contribution < 1.29 is 22.7 Å². The van der Waals surface area contributed by atoms with Crippen LogP contribution in [0.15, 0.2) is 0 Å². The molecule has 1 unspecified atom stereocenters. The van der Waals surface area contributed by atoms with E-state index in [1.165, 1.54) is 17.7 Å². The molecule has 1 amide bonds. The Bertz CT molecular complexity index is 525. The first-order valence-electron chi connectivity index (χ1n) is 7.64. The second-order valence-electron chi connectivity index (χ2n) is 6.08. The summed E-state index contributed by atoms with van der Waals surface area (Å²) in [6.07, 6.45) is 3.84. The zero-order valence-electron chi connectivity index (χ0n) is 13.2. The molecule has 0 radical (unpaired) electrons. The average Bonchev–Trinajstić information content (AvgIpc) is 2.53. The van der Waals surface area contributed by atoms with Gasteiger partial charge in [0.2, 0.25) is 15.9 Å². The molecule has 2 fully saturated rings. The minimum Gasteiger partial charge on any atom is -0.469 e. The molecule has 22 heavy (non-hydrogen) atoms. The molecule has 0 N–H and O–H groups in total. The smallest absolute Gasteiger partial charge is 0.308 e. The number of likely N-dealkylation sites (tertiary alicyclic amines) is 1. The van der Waals surface area contributed by atoms with E-state index >= 15 is 0 Å². The number of ether oxygens (including phenoxy) is 1. The first-order chi connectivity index (χ1) is 10.3. The Morgan fingerprint density at radius 1 is 1.05 bits per heavy atom. The summed E-state index contributed by atoms with van der Waals surface area (Å²) in [6.45, 7) is 1.84. The molecular weight excluding hydrogens is 308 g/mol. The van der Waals surface area contributed by atoms with E-state index in [0.29, 0.717) is 38.9 Å². The standard InChI is InChI=1S/C14H24N2O5S/c1-21-14(18)11-5-8-15(9-6-11)13(17)12-4-3-7-16(10-12)22(2,19)20/h11-12H,3-10H2,1-2H3.